The summed E-state index contributed by atoms with van der Waals surface area (Å²) in [6, 6.07) is 0. The second-order valence-corrected chi connectivity index (χ2v) is 3.07. The maximum Gasteiger partial charge on any atom is 0.217 e. The van der Waals surface area contributed by atoms with Gasteiger partial charge < -0.3 is 5.32 Å². The van der Waals surface area contributed by atoms with Crippen LogP contribution in [0.3, 0.4) is 0 Å². The van der Waals surface area contributed by atoms with Crippen LogP contribution in [0.15, 0.2) is 0 Å². The van der Waals surface area contributed by atoms with Crippen LogP contribution in [0.25, 0.3) is 0 Å². The van der Waals surface area contributed by atoms with Gasteiger partial charge >= 0.3 is 0 Å². The monoisotopic (exact) mass is 129 g/mol. The van der Waals surface area contributed by atoms with Gasteiger partial charge in [-0.1, -0.05) is 14.0 Å². The number of rotatable bonds is 1. The molecule has 1 rings (SSSR count). The summed E-state index contributed by atoms with van der Waals surface area (Å²) in [6.45, 7) is 1.55. The predicted molar refractivity (Wildman–Crippen MR) is 35.2 cm³/mol. The van der Waals surface area contributed by atoms with Crippen molar-refractivity contribution < 1.29 is 4.79 Å². The molecular formula is C5H8NOP. The Kier molecular flexibility index (Phi) is 1.64. The van der Waals surface area contributed by atoms with E-state index in [1.165, 1.54) is 8.20 Å². The Morgan fingerprint density at radius 3 is 2.75 bits per heavy atom. The first-order chi connectivity index (χ1) is 3.79. The van der Waals surface area contributed by atoms with Crippen LogP contribution in [-0.4, -0.2) is 17.5 Å². The Labute approximate surface area is 50.1 Å². The molecule has 0 aromatic heterocycles. The molecule has 0 spiro atoms. The first-order valence-corrected chi connectivity index (χ1v) is 3.61. The van der Waals surface area contributed by atoms with E-state index in [4.69, 9.17) is 0 Å². The van der Waals surface area contributed by atoms with Crippen LogP contribution in [0.5, 0.6) is 0 Å². The number of nitrogens with one attached hydrogen (secondary N) is 1. The van der Waals surface area contributed by atoms with Gasteiger partial charge in [-0.05, 0) is 6.42 Å². The van der Waals surface area contributed by atoms with Gasteiger partial charge in [0.1, 0.15) is 0 Å². The SMILES string of the molecule is CC(=O)NC1CC=P1. The maximum atomic E-state index is 10.3. The molecule has 0 radical (unpaired) electrons. The second kappa shape index (κ2) is 2.27. The molecule has 8 heavy (non-hydrogen) atoms. The molecule has 1 amide bonds. The first-order valence-electron chi connectivity index (χ1n) is 2.58. The quantitative estimate of drug-likeness (QED) is 0.516. The van der Waals surface area contributed by atoms with Crippen molar-refractivity contribution in [3.05, 3.63) is 0 Å². The van der Waals surface area contributed by atoms with Crippen LogP contribution < -0.4 is 5.32 Å². The van der Waals surface area contributed by atoms with E-state index in [0.717, 1.165) is 6.42 Å². The van der Waals surface area contributed by atoms with E-state index in [9.17, 15) is 4.79 Å². The van der Waals surface area contributed by atoms with Gasteiger partial charge in [-0.2, -0.15) is 0 Å². The summed E-state index contributed by atoms with van der Waals surface area (Å²) in [5.41, 5.74) is 0. The van der Waals surface area contributed by atoms with Crippen molar-refractivity contribution in [2.24, 2.45) is 0 Å². The fraction of sp³-hybridized carbons (Fsp3) is 0.600. The van der Waals surface area contributed by atoms with Crippen molar-refractivity contribution in [3.8, 4) is 0 Å². The van der Waals surface area contributed by atoms with Crippen molar-refractivity contribution in [1.82, 2.24) is 5.32 Å². The van der Waals surface area contributed by atoms with Crippen LogP contribution in [-0.2, 0) is 4.79 Å². The zero-order valence-electron chi connectivity index (χ0n) is 4.72. The van der Waals surface area contributed by atoms with Gasteiger partial charge in [0.2, 0.25) is 5.91 Å². The van der Waals surface area contributed by atoms with Crippen molar-refractivity contribution in [3.63, 3.8) is 0 Å². The van der Waals surface area contributed by atoms with Gasteiger partial charge in [0.05, 0.1) is 5.78 Å². The normalized spacial score (nSPS) is 26.4. The van der Waals surface area contributed by atoms with Crippen LogP contribution >= 0.6 is 8.20 Å². The molecule has 0 saturated heterocycles. The zero-order valence-corrected chi connectivity index (χ0v) is 5.61. The Balaban J connectivity index is 2.20. The number of amides is 1. The van der Waals surface area contributed by atoms with Crippen molar-refractivity contribution in [1.29, 1.82) is 0 Å². The zero-order chi connectivity index (χ0) is 5.98. The largest absolute Gasteiger partial charge is 0.346 e. The van der Waals surface area contributed by atoms with Gasteiger partial charge in [0.25, 0.3) is 0 Å². The Morgan fingerprint density at radius 2 is 2.62 bits per heavy atom. The van der Waals surface area contributed by atoms with Crippen LogP contribution in [0, 0.1) is 0 Å². The molecule has 0 saturated carbocycles. The molecule has 0 bridgehead atoms. The molecule has 1 aliphatic heterocycles. The first kappa shape index (κ1) is 5.77. The van der Waals surface area contributed by atoms with Crippen molar-refractivity contribution in [2.45, 2.75) is 19.1 Å². The lowest BCUT2D eigenvalue weighted by Crippen LogP contribution is -2.31. The van der Waals surface area contributed by atoms with E-state index in [2.05, 4.69) is 11.1 Å². The van der Waals surface area contributed by atoms with Crippen LogP contribution in [0.2, 0.25) is 0 Å². The topological polar surface area (TPSA) is 29.1 Å². The number of carbonyl (C=O) groups is 1. The Morgan fingerprint density at radius 1 is 2.00 bits per heavy atom. The van der Waals surface area contributed by atoms with E-state index in [-0.39, 0.29) is 5.91 Å². The summed E-state index contributed by atoms with van der Waals surface area (Å²) in [7, 11) is 1.26. The summed E-state index contributed by atoms with van der Waals surface area (Å²) >= 11 is 0. The molecule has 2 nitrogen and oxygen atoms in total. The van der Waals surface area contributed by atoms with E-state index in [1.807, 2.05) is 0 Å². The van der Waals surface area contributed by atoms with E-state index < -0.39 is 0 Å². The van der Waals surface area contributed by atoms with Crippen LogP contribution in [0.1, 0.15) is 13.3 Å². The highest BCUT2D eigenvalue weighted by atomic mass is 31.1. The second-order valence-electron chi connectivity index (χ2n) is 1.78. The number of hydrogen-bond donors (Lipinski definition) is 1. The van der Waals surface area contributed by atoms with Crippen molar-refractivity contribution >= 4 is 19.9 Å². The standard InChI is InChI=1S/C5H8NOP/c1-4(7)6-5-2-3-8-5/h3,5H,2H2,1H3,(H,6,7). The minimum atomic E-state index is 0.0793. The molecule has 1 unspecified atom stereocenters. The lowest BCUT2D eigenvalue weighted by atomic mass is 10.4. The highest BCUT2D eigenvalue weighted by molar-refractivity contribution is 7.41. The molecule has 1 atom stereocenters. The Hall–Kier alpha value is -0.360. The average Bonchev–Trinajstić information content (AvgIpc) is 1.55. The third kappa shape index (κ3) is 1.31. The summed E-state index contributed by atoms with van der Waals surface area (Å²) in [6.07, 6.45) is 1.04. The van der Waals surface area contributed by atoms with Gasteiger partial charge in [0, 0.05) is 6.92 Å². The molecule has 1 aliphatic rings. The minimum absolute atomic E-state index is 0.0793. The van der Waals surface area contributed by atoms with Crippen molar-refractivity contribution in [2.75, 3.05) is 0 Å². The smallest absolute Gasteiger partial charge is 0.217 e. The van der Waals surface area contributed by atoms with E-state index >= 15 is 0 Å². The van der Waals surface area contributed by atoms with Gasteiger partial charge in [-0.3, -0.25) is 4.79 Å². The molecule has 1 heterocycles. The maximum absolute atomic E-state index is 10.3. The minimum Gasteiger partial charge on any atom is -0.346 e. The lowest BCUT2D eigenvalue weighted by molar-refractivity contribution is -0.119. The molecule has 0 fully saturated rings. The van der Waals surface area contributed by atoms with Crippen LogP contribution in [0.4, 0.5) is 0 Å². The summed E-state index contributed by atoms with van der Waals surface area (Å²) in [5.74, 6) is 2.64. The summed E-state index contributed by atoms with van der Waals surface area (Å²) < 4.78 is 0. The number of carbonyl (C=O) groups excluding carboxylic acids is 1. The molecule has 3 heteroatoms. The van der Waals surface area contributed by atoms with Gasteiger partial charge in [-0.25, -0.2) is 0 Å². The molecule has 0 aliphatic carbocycles. The molecule has 44 valence electrons. The third-order valence-electron chi connectivity index (χ3n) is 0.984. The van der Waals surface area contributed by atoms with E-state index in [0.29, 0.717) is 5.78 Å². The predicted octanol–water partition coefficient (Wildman–Crippen LogP) is 0.601. The number of hydrogen-bond acceptors (Lipinski definition) is 1. The third-order valence-corrected chi connectivity index (χ3v) is 2.11. The highest BCUT2D eigenvalue weighted by Gasteiger charge is 2.09. The van der Waals surface area contributed by atoms with E-state index in [1.54, 1.807) is 6.92 Å². The van der Waals surface area contributed by atoms with Gasteiger partial charge in [0.15, 0.2) is 0 Å². The molecule has 0 aromatic rings. The molecular weight excluding hydrogens is 121 g/mol. The lowest BCUT2D eigenvalue weighted by Gasteiger charge is -2.16. The average molecular weight is 129 g/mol. The Bertz CT molecular complexity index is 132. The summed E-state index contributed by atoms with van der Waals surface area (Å²) in [4.78, 5) is 10.3. The molecule has 0 aromatic carbocycles. The summed E-state index contributed by atoms with van der Waals surface area (Å²) in [5, 5.41) is 2.80. The molecule has 1 N–H and O–H groups in total. The fourth-order valence-corrected chi connectivity index (χ4v) is 1.22. The van der Waals surface area contributed by atoms with Gasteiger partial charge in [-0.15, -0.1) is 0 Å². The highest BCUT2D eigenvalue weighted by Crippen LogP contribution is 2.17. The fourth-order valence-electron chi connectivity index (χ4n) is 0.542.